The SMILES string of the molecule is COc1ccc(C(=O)COC(=O)CNS(=O)(=O)c2cccs2)cc1Cl. The van der Waals surface area contributed by atoms with Gasteiger partial charge in [0.2, 0.25) is 0 Å². The van der Waals surface area contributed by atoms with Crippen LogP contribution in [0.2, 0.25) is 5.02 Å². The third kappa shape index (κ3) is 5.27. The second-order valence-corrected chi connectivity index (χ2v) is 8.04. The molecule has 0 aliphatic heterocycles. The average Bonchev–Trinajstić information content (AvgIpc) is 3.13. The van der Waals surface area contributed by atoms with Gasteiger partial charge < -0.3 is 9.47 Å². The average molecular weight is 404 g/mol. The molecule has 0 amide bonds. The largest absolute Gasteiger partial charge is 0.495 e. The van der Waals surface area contributed by atoms with Crippen LogP contribution in [-0.2, 0) is 19.6 Å². The highest BCUT2D eigenvalue weighted by Crippen LogP contribution is 2.25. The fraction of sp³-hybridized carbons (Fsp3) is 0.200. The molecule has 134 valence electrons. The summed E-state index contributed by atoms with van der Waals surface area (Å²) in [6, 6.07) is 7.40. The second-order valence-electron chi connectivity index (χ2n) is 4.69. The molecule has 25 heavy (non-hydrogen) atoms. The number of rotatable bonds is 8. The third-order valence-corrected chi connectivity index (χ3v) is 6.10. The highest BCUT2D eigenvalue weighted by molar-refractivity contribution is 7.91. The molecule has 0 aliphatic carbocycles. The van der Waals surface area contributed by atoms with Crippen molar-refractivity contribution in [3.63, 3.8) is 0 Å². The van der Waals surface area contributed by atoms with E-state index in [1.165, 1.54) is 31.4 Å². The van der Waals surface area contributed by atoms with E-state index >= 15 is 0 Å². The predicted molar refractivity (Wildman–Crippen MR) is 92.8 cm³/mol. The van der Waals surface area contributed by atoms with Gasteiger partial charge >= 0.3 is 5.97 Å². The summed E-state index contributed by atoms with van der Waals surface area (Å²) >= 11 is 6.95. The lowest BCUT2D eigenvalue weighted by Crippen LogP contribution is -2.31. The Bertz CT molecular complexity index is 864. The number of esters is 1. The van der Waals surface area contributed by atoms with Gasteiger partial charge in [-0.1, -0.05) is 17.7 Å². The number of hydrogen-bond acceptors (Lipinski definition) is 7. The molecule has 2 rings (SSSR count). The lowest BCUT2D eigenvalue weighted by atomic mass is 10.1. The van der Waals surface area contributed by atoms with E-state index in [0.717, 1.165) is 11.3 Å². The van der Waals surface area contributed by atoms with Crippen LogP contribution in [0, 0.1) is 0 Å². The van der Waals surface area contributed by atoms with Crippen molar-refractivity contribution in [1.82, 2.24) is 4.72 Å². The summed E-state index contributed by atoms with van der Waals surface area (Å²) < 4.78 is 35.7. The molecule has 0 saturated heterocycles. The molecule has 0 bridgehead atoms. The van der Waals surface area contributed by atoms with Crippen molar-refractivity contribution in [3.05, 3.63) is 46.3 Å². The molecule has 1 aromatic carbocycles. The maximum atomic E-state index is 12.0. The molecule has 0 spiro atoms. The molecule has 0 aliphatic rings. The molecule has 1 heterocycles. The molecule has 2 aromatic rings. The lowest BCUT2D eigenvalue weighted by molar-refractivity contribution is -0.141. The molecule has 0 atom stereocenters. The number of sulfonamides is 1. The topological polar surface area (TPSA) is 98.8 Å². The van der Waals surface area contributed by atoms with Crippen molar-refractivity contribution in [2.75, 3.05) is 20.3 Å². The van der Waals surface area contributed by atoms with E-state index in [1.807, 2.05) is 0 Å². The summed E-state index contributed by atoms with van der Waals surface area (Å²) in [6.07, 6.45) is 0. The van der Waals surface area contributed by atoms with Crippen LogP contribution in [0.5, 0.6) is 5.75 Å². The predicted octanol–water partition coefficient (Wildman–Crippen LogP) is 2.11. The number of Topliss-reactive ketones (excluding diaryl/α,β-unsaturated/α-hetero) is 1. The molecular weight excluding hydrogens is 390 g/mol. The zero-order valence-electron chi connectivity index (χ0n) is 13.0. The van der Waals surface area contributed by atoms with Gasteiger partial charge in [0, 0.05) is 5.56 Å². The van der Waals surface area contributed by atoms with Crippen LogP contribution in [0.15, 0.2) is 39.9 Å². The Balaban J connectivity index is 1.85. The summed E-state index contributed by atoms with van der Waals surface area (Å²) in [5.41, 5.74) is 0.248. The minimum Gasteiger partial charge on any atom is -0.495 e. The molecule has 7 nitrogen and oxygen atoms in total. The summed E-state index contributed by atoms with van der Waals surface area (Å²) in [5.74, 6) is -0.926. The zero-order valence-corrected chi connectivity index (χ0v) is 15.4. The number of nitrogens with one attached hydrogen (secondary N) is 1. The van der Waals surface area contributed by atoms with Gasteiger partial charge in [0.15, 0.2) is 12.4 Å². The number of benzene rings is 1. The van der Waals surface area contributed by atoms with Crippen molar-refractivity contribution in [3.8, 4) is 5.75 Å². The number of carbonyl (C=O) groups is 2. The number of halogens is 1. The van der Waals surface area contributed by atoms with E-state index in [-0.39, 0.29) is 14.8 Å². The van der Waals surface area contributed by atoms with Crippen molar-refractivity contribution in [2.45, 2.75) is 4.21 Å². The zero-order chi connectivity index (χ0) is 18.4. The van der Waals surface area contributed by atoms with Gasteiger partial charge in [0.05, 0.1) is 12.1 Å². The summed E-state index contributed by atoms with van der Waals surface area (Å²) in [4.78, 5) is 23.6. The summed E-state index contributed by atoms with van der Waals surface area (Å²) in [6.45, 7) is -1.10. The number of hydrogen-bond donors (Lipinski definition) is 1. The van der Waals surface area contributed by atoms with E-state index in [1.54, 1.807) is 11.4 Å². The molecule has 0 radical (unpaired) electrons. The highest BCUT2D eigenvalue weighted by Gasteiger charge is 2.18. The molecule has 1 aromatic heterocycles. The maximum Gasteiger partial charge on any atom is 0.321 e. The monoisotopic (exact) mass is 403 g/mol. The van der Waals surface area contributed by atoms with Crippen molar-refractivity contribution in [1.29, 1.82) is 0 Å². The Labute approximate surface area is 153 Å². The molecule has 0 saturated carbocycles. The Morgan fingerprint density at radius 2 is 2.04 bits per heavy atom. The second kappa shape index (κ2) is 8.43. The Kier molecular flexibility index (Phi) is 6.54. The van der Waals surface area contributed by atoms with E-state index in [9.17, 15) is 18.0 Å². The first-order chi connectivity index (χ1) is 11.8. The van der Waals surface area contributed by atoms with Gasteiger partial charge in [0.1, 0.15) is 16.5 Å². The molecular formula is C15H14ClNO6S2. The third-order valence-electron chi connectivity index (χ3n) is 3.00. The van der Waals surface area contributed by atoms with Gasteiger partial charge in [0.25, 0.3) is 10.0 Å². The molecule has 1 N–H and O–H groups in total. The smallest absolute Gasteiger partial charge is 0.321 e. The number of carbonyl (C=O) groups excluding carboxylic acids is 2. The quantitative estimate of drug-likeness (QED) is 0.535. The Morgan fingerprint density at radius 3 is 2.64 bits per heavy atom. The Morgan fingerprint density at radius 1 is 1.28 bits per heavy atom. The normalized spacial score (nSPS) is 11.1. The summed E-state index contributed by atoms with van der Waals surface area (Å²) in [7, 11) is -2.32. The maximum absolute atomic E-state index is 12.0. The number of ether oxygens (including phenoxy) is 2. The van der Waals surface area contributed by atoms with Crippen molar-refractivity contribution in [2.24, 2.45) is 0 Å². The summed E-state index contributed by atoms with van der Waals surface area (Å²) in [5, 5.41) is 1.86. The first-order valence-corrected chi connectivity index (χ1v) is 9.63. The van der Waals surface area contributed by atoms with Gasteiger partial charge in [-0.15, -0.1) is 11.3 Å². The van der Waals surface area contributed by atoms with E-state index in [4.69, 9.17) is 21.1 Å². The molecule has 10 heteroatoms. The fourth-order valence-corrected chi connectivity index (χ4v) is 4.03. The van der Waals surface area contributed by atoms with Crippen LogP contribution in [0.4, 0.5) is 0 Å². The Hall–Kier alpha value is -1.94. The standard InChI is InChI=1S/C15H14ClNO6S2/c1-22-13-5-4-10(7-11(13)16)12(18)9-23-14(19)8-17-25(20,21)15-3-2-6-24-15/h2-7,17H,8-9H2,1H3. The minimum absolute atomic E-state index is 0.0873. The van der Waals surface area contributed by atoms with Crippen LogP contribution in [0.1, 0.15) is 10.4 Å². The van der Waals surface area contributed by atoms with Crippen LogP contribution >= 0.6 is 22.9 Å². The minimum atomic E-state index is -3.76. The number of thiophene rings is 1. The van der Waals surface area contributed by atoms with Gasteiger partial charge in [-0.05, 0) is 29.6 Å². The molecule has 0 unspecified atom stereocenters. The molecule has 0 fully saturated rings. The first kappa shape index (κ1) is 19.4. The van der Waals surface area contributed by atoms with E-state index < -0.39 is 34.9 Å². The van der Waals surface area contributed by atoms with Crippen molar-refractivity contribution >= 4 is 44.7 Å². The van der Waals surface area contributed by atoms with E-state index in [2.05, 4.69) is 4.72 Å². The van der Waals surface area contributed by atoms with Gasteiger partial charge in [-0.25, -0.2) is 8.42 Å². The van der Waals surface area contributed by atoms with Crippen LogP contribution < -0.4 is 9.46 Å². The van der Waals surface area contributed by atoms with Gasteiger partial charge in [-0.3, -0.25) is 9.59 Å². The van der Waals surface area contributed by atoms with Crippen LogP contribution in [0.3, 0.4) is 0 Å². The lowest BCUT2D eigenvalue weighted by Gasteiger charge is -2.07. The first-order valence-electron chi connectivity index (χ1n) is 6.89. The number of ketones is 1. The fourth-order valence-electron chi connectivity index (χ4n) is 1.76. The number of methoxy groups -OCH3 is 1. The van der Waals surface area contributed by atoms with Crippen molar-refractivity contribution < 1.29 is 27.5 Å². The van der Waals surface area contributed by atoms with Crippen LogP contribution in [0.25, 0.3) is 0 Å². The van der Waals surface area contributed by atoms with Crippen LogP contribution in [-0.4, -0.2) is 40.4 Å². The van der Waals surface area contributed by atoms with Gasteiger partial charge in [-0.2, -0.15) is 4.72 Å². The highest BCUT2D eigenvalue weighted by atomic mass is 35.5. The van der Waals surface area contributed by atoms with E-state index in [0.29, 0.717) is 5.75 Å².